The molecule has 0 saturated carbocycles. The number of benzene rings is 2. The van der Waals surface area contributed by atoms with Crippen LogP contribution in [0.5, 0.6) is 5.75 Å². The number of amides is 1. The van der Waals surface area contributed by atoms with Crippen molar-refractivity contribution >= 4 is 17.5 Å². The summed E-state index contributed by atoms with van der Waals surface area (Å²) in [5.41, 5.74) is 1.98. The molecule has 3 nitrogen and oxygen atoms in total. The number of carbonyl (C=O) groups excluding carboxylic acids is 1. The van der Waals surface area contributed by atoms with Crippen LogP contribution >= 0.6 is 11.6 Å². The molecule has 0 fully saturated rings. The van der Waals surface area contributed by atoms with Crippen LogP contribution in [0.25, 0.3) is 0 Å². The van der Waals surface area contributed by atoms with Crippen LogP contribution in [0.1, 0.15) is 31.0 Å². The molecule has 22 heavy (non-hydrogen) atoms. The van der Waals surface area contributed by atoms with E-state index in [-0.39, 0.29) is 11.9 Å². The van der Waals surface area contributed by atoms with Gasteiger partial charge in [-0.05, 0) is 50.1 Å². The maximum Gasteiger partial charge on any atom is 0.261 e. The minimum absolute atomic E-state index is 0.0632. The highest BCUT2D eigenvalue weighted by atomic mass is 35.5. The third kappa shape index (κ3) is 4.25. The fourth-order valence-electron chi connectivity index (χ4n) is 2.10. The van der Waals surface area contributed by atoms with E-state index in [1.807, 2.05) is 50.2 Å². The fourth-order valence-corrected chi connectivity index (χ4v) is 2.22. The minimum Gasteiger partial charge on any atom is -0.481 e. The predicted molar refractivity (Wildman–Crippen MR) is 89.3 cm³/mol. The Balaban J connectivity index is 1.95. The maximum atomic E-state index is 12.2. The van der Waals surface area contributed by atoms with Gasteiger partial charge in [0.15, 0.2) is 6.10 Å². The molecule has 0 unspecified atom stereocenters. The van der Waals surface area contributed by atoms with Gasteiger partial charge in [0.05, 0.1) is 6.04 Å². The molecule has 0 heterocycles. The van der Waals surface area contributed by atoms with Gasteiger partial charge in [-0.1, -0.05) is 41.9 Å². The first-order chi connectivity index (χ1) is 10.5. The van der Waals surface area contributed by atoms with Gasteiger partial charge in [-0.25, -0.2) is 0 Å². The first kappa shape index (κ1) is 16.4. The van der Waals surface area contributed by atoms with Crippen molar-refractivity contribution in [1.82, 2.24) is 5.32 Å². The van der Waals surface area contributed by atoms with Gasteiger partial charge in [0.2, 0.25) is 0 Å². The molecule has 0 radical (unpaired) electrons. The Kier molecular flexibility index (Phi) is 5.45. The highest BCUT2D eigenvalue weighted by molar-refractivity contribution is 6.31. The van der Waals surface area contributed by atoms with Gasteiger partial charge < -0.3 is 10.1 Å². The molecule has 0 aliphatic rings. The lowest BCUT2D eigenvalue weighted by atomic mass is 10.1. The first-order valence-corrected chi connectivity index (χ1v) is 7.63. The Bertz CT molecular complexity index is 643. The number of rotatable bonds is 5. The van der Waals surface area contributed by atoms with E-state index >= 15 is 0 Å². The quantitative estimate of drug-likeness (QED) is 0.893. The highest BCUT2D eigenvalue weighted by Crippen LogP contribution is 2.22. The Morgan fingerprint density at radius 2 is 1.82 bits per heavy atom. The summed E-state index contributed by atoms with van der Waals surface area (Å²) in [5, 5.41) is 3.63. The minimum atomic E-state index is -0.577. The van der Waals surface area contributed by atoms with Crippen molar-refractivity contribution in [3.05, 3.63) is 64.7 Å². The molecule has 116 valence electrons. The Hall–Kier alpha value is -2.00. The zero-order valence-electron chi connectivity index (χ0n) is 13.0. The summed E-state index contributed by atoms with van der Waals surface area (Å²) < 4.78 is 5.68. The van der Waals surface area contributed by atoms with Crippen molar-refractivity contribution in [2.24, 2.45) is 0 Å². The van der Waals surface area contributed by atoms with E-state index in [0.717, 1.165) is 11.1 Å². The predicted octanol–water partition coefficient (Wildman–Crippen LogP) is 4.29. The summed E-state index contributed by atoms with van der Waals surface area (Å²) in [5.74, 6) is 0.487. The number of carbonyl (C=O) groups is 1. The maximum absolute atomic E-state index is 12.2. The monoisotopic (exact) mass is 317 g/mol. The van der Waals surface area contributed by atoms with Gasteiger partial charge in [0.1, 0.15) is 5.75 Å². The lowest BCUT2D eigenvalue weighted by Gasteiger charge is -2.19. The topological polar surface area (TPSA) is 38.3 Å². The standard InChI is InChI=1S/C18H20ClNO2/c1-12-11-16(9-10-17(12)19)22-14(3)18(21)20-13(2)15-7-5-4-6-8-15/h4-11,13-14H,1-3H3,(H,20,21)/t13-,14-/m0/s1. The van der Waals surface area contributed by atoms with Crippen molar-refractivity contribution in [2.45, 2.75) is 32.9 Å². The average Bonchev–Trinajstić information content (AvgIpc) is 2.51. The third-order valence-electron chi connectivity index (χ3n) is 3.47. The lowest BCUT2D eigenvalue weighted by Crippen LogP contribution is -2.37. The van der Waals surface area contributed by atoms with Gasteiger partial charge in [-0.15, -0.1) is 0 Å². The van der Waals surface area contributed by atoms with Crippen molar-refractivity contribution in [3.8, 4) is 5.75 Å². The molecule has 0 aliphatic heterocycles. The summed E-state index contributed by atoms with van der Waals surface area (Å²) in [6, 6.07) is 15.1. The molecule has 2 aromatic carbocycles. The normalized spacial score (nSPS) is 13.3. The van der Waals surface area contributed by atoms with Crippen LogP contribution in [0.4, 0.5) is 0 Å². The second-order valence-corrected chi connectivity index (χ2v) is 5.72. The van der Waals surface area contributed by atoms with Gasteiger partial charge in [0, 0.05) is 5.02 Å². The zero-order valence-corrected chi connectivity index (χ0v) is 13.7. The number of ether oxygens (including phenoxy) is 1. The fraction of sp³-hybridized carbons (Fsp3) is 0.278. The molecule has 0 bridgehead atoms. The van der Waals surface area contributed by atoms with Crippen LogP contribution in [0.15, 0.2) is 48.5 Å². The highest BCUT2D eigenvalue weighted by Gasteiger charge is 2.17. The molecule has 4 heteroatoms. The van der Waals surface area contributed by atoms with Crippen LogP contribution in [-0.4, -0.2) is 12.0 Å². The molecular formula is C18H20ClNO2. The summed E-state index contributed by atoms with van der Waals surface area (Å²) in [4.78, 5) is 12.2. The molecule has 1 N–H and O–H groups in total. The van der Waals surface area contributed by atoms with Crippen LogP contribution < -0.4 is 10.1 Å². The second-order valence-electron chi connectivity index (χ2n) is 5.31. The van der Waals surface area contributed by atoms with E-state index in [0.29, 0.717) is 10.8 Å². The van der Waals surface area contributed by atoms with Crippen LogP contribution in [0.2, 0.25) is 5.02 Å². The first-order valence-electron chi connectivity index (χ1n) is 7.25. The summed E-state index contributed by atoms with van der Waals surface area (Å²) in [7, 11) is 0. The molecule has 0 spiro atoms. The Morgan fingerprint density at radius 1 is 1.14 bits per heavy atom. The van der Waals surface area contributed by atoms with Gasteiger partial charge >= 0.3 is 0 Å². The summed E-state index contributed by atoms with van der Waals surface area (Å²) in [6.07, 6.45) is -0.577. The summed E-state index contributed by atoms with van der Waals surface area (Å²) in [6.45, 7) is 5.58. The summed E-state index contributed by atoms with van der Waals surface area (Å²) >= 11 is 5.98. The average molecular weight is 318 g/mol. The molecule has 0 saturated heterocycles. The van der Waals surface area contributed by atoms with Gasteiger partial charge in [-0.2, -0.15) is 0 Å². The van der Waals surface area contributed by atoms with E-state index in [9.17, 15) is 4.79 Å². The second kappa shape index (κ2) is 7.32. The molecule has 0 aromatic heterocycles. The van der Waals surface area contributed by atoms with Crippen molar-refractivity contribution < 1.29 is 9.53 Å². The molecule has 2 rings (SSSR count). The number of hydrogen-bond acceptors (Lipinski definition) is 2. The molecule has 1 amide bonds. The van der Waals surface area contributed by atoms with Crippen LogP contribution in [-0.2, 0) is 4.79 Å². The van der Waals surface area contributed by atoms with Crippen LogP contribution in [0, 0.1) is 6.92 Å². The van der Waals surface area contributed by atoms with E-state index in [1.165, 1.54) is 0 Å². The van der Waals surface area contributed by atoms with Crippen molar-refractivity contribution in [3.63, 3.8) is 0 Å². The smallest absolute Gasteiger partial charge is 0.261 e. The van der Waals surface area contributed by atoms with E-state index in [2.05, 4.69) is 5.32 Å². The third-order valence-corrected chi connectivity index (χ3v) is 3.89. The Labute approximate surface area is 136 Å². The van der Waals surface area contributed by atoms with Crippen molar-refractivity contribution in [1.29, 1.82) is 0 Å². The van der Waals surface area contributed by atoms with E-state index in [4.69, 9.17) is 16.3 Å². The molecule has 2 atom stereocenters. The van der Waals surface area contributed by atoms with Crippen molar-refractivity contribution in [2.75, 3.05) is 0 Å². The molecular weight excluding hydrogens is 298 g/mol. The van der Waals surface area contributed by atoms with Gasteiger partial charge in [0.25, 0.3) is 5.91 Å². The lowest BCUT2D eigenvalue weighted by molar-refractivity contribution is -0.127. The SMILES string of the molecule is Cc1cc(O[C@@H](C)C(=O)N[C@@H](C)c2ccccc2)ccc1Cl. The van der Waals surface area contributed by atoms with Crippen LogP contribution in [0.3, 0.4) is 0 Å². The van der Waals surface area contributed by atoms with E-state index < -0.39 is 6.10 Å². The van der Waals surface area contributed by atoms with Gasteiger partial charge in [-0.3, -0.25) is 4.79 Å². The number of aryl methyl sites for hydroxylation is 1. The largest absolute Gasteiger partial charge is 0.481 e. The number of nitrogens with one attached hydrogen (secondary N) is 1. The number of halogens is 1. The molecule has 2 aromatic rings. The zero-order chi connectivity index (χ0) is 16.1. The number of hydrogen-bond donors (Lipinski definition) is 1. The molecule has 0 aliphatic carbocycles. The van der Waals surface area contributed by atoms with E-state index in [1.54, 1.807) is 19.1 Å². The Morgan fingerprint density at radius 3 is 2.45 bits per heavy atom.